The molecule has 1 rings (SSSR count). The lowest BCUT2D eigenvalue weighted by Gasteiger charge is -2.04. The molecule has 5 heteroatoms. The number of carboxylic acids is 1. The van der Waals surface area contributed by atoms with Crippen molar-refractivity contribution in [1.29, 1.82) is 4.78 Å². The van der Waals surface area contributed by atoms with E-state index in [1.54, 1.807) is 6.92 Å². The highest BCUT2D eigenvalue weighted by Crippen LogP contribution is 2.13. The van der Waals surface area contributed by atoms with Gasteiger partial charge in [0, 0.05) is 10.6 Å². The van der Waals surface area contributed by atoms with E-state index in [9.17, 15) is 9.00 Å². The van der Waals surface area contributed by atoms with Crippen LogP contribution in [0.15, 0.2) is 29.2 Å². The molecule has 1 unspecified atom stereocenters. The van der Waals surface area contributed by atoms with Crippen LogP contribution < -0.4 is 0 Å². The maximum absolute atomic E-state index is 11.6. The summed E-state index contributed by atoms with van der Waals surface area (Å²) < 4.78 is 19.1. The van der Waals surface area contributed by atoms with E-state index in [0.717, 1.165) is 0 Å². The van der Waals surface area contributed by atoms with Crippen LogP contribution in [-0.2, 0) is 9.73 Å². The Morgan fingerprint density at radius 3 is 2.71 bits per heavy atom. The fourth-order valence-corrected chi connectivity index (χ4v) is 1.95. The fraction of sp³-hybridized carbons (Fsp3) is 0.222. The van der Waals surface area contributed by atoms with E-state index in [-0.39, 0.29) is 16.2 Å². The van der Waals surface area contributed by atoms with E-state index in [4.69, 9.17) is 9.89 Å². The van der Waals surface area contributed by atoms with Crippen LogP contribution in [-0.4, -0.2) is 21.0 Å². The lowest BCUT2D eigenvalue weighted by Crippen LogP contribution is -2.04. The van der Waals surface area contributed by atoms with Crippen molar-refractivity contribution in [1.82, 2.24) is 0 Å². The van der Waals surface area contributed by atoms with Crippen LogP contribution in [0.5, 0.6) is 0 Å². The van der Waals surface area contributed by atoms with Gasteiger partial charge in [-0.15, -0.1) is 0 Å². The van der Waals surface area contributed by atoms with E-state index < -0.39 is 15.7 Å². The summed E-state index contributed by atoms with van der Waals surface area (Å²) in [5, 5.41) is 8.69. The summed E-state index contributed by atoms with van der Waals surface area (Å²) in [6, 6.07) is 5.73. The number of benzene rings is 1. The third kappa shape index (κ3) is 2.11. The Bertz CT molecular complexity index is 451. The SMILES string of the molecule is CCS(=N)(=O)c1cccc(C(=O)O)c1. The summed E-state index contributed by atoms with van der Waals surface area (Å²) in [5.41, 5.74) is 0.0657. The van der Waals surface area contributed by atoms with Gasteiger partial charge in [-0.05, 0) is 18.2 Å². The average molecular weight is 213 g/mol. The largest absolute Gasteiger partial charge is 0.478 e. The second-order valence-corrected chi connectivity index (χ2v) is 5.20. The lowest BCUT2D eigenvalue weighted by molar-refractivity contribution is 0.0696. The number of carbonyl (C=O) groups is 1. The van der Waals surface area contributed by atoms with E-state index >= 15 is 0 Å². The molecule has 0 aromatic heterocycles. The monoisotopic (exact) mass is 213 g/mol. The van der Waals surface area contributed by atoms with Gasteiger partial charge < -0.3 is 5.11 Å². The molecule has 0 bridgehead atoms. The summed E-state index contributed by atoms with van der Waals surface area (Å²) in [6.45, 7) is 1.64. The van der Waals surface area contributed by atoms with Gasteiger partial charge >= 0.3 is 5.97 Å². The van der Waals surface area contributed by atoms with Gasteiger partial charge in [-0.25, -0.2) is 13.8 Å². The Kier molecular flexibility index (Phi) is 2.90. The van der Waals surface area contributed by atoms with Crippen LogP contribution in [0.2, 0.25) is 0 Å². The second kappa shape index (κ2) is 3.79. The highest BCUT2D eigenvalue weighted by atomic mass is 32.2. The van der Waals surface area contributed by atoms with Crippen LogP contribution >= 0.6 is 0 Å². The van der Waals surface area contributed by atoms with Gasteiger partial charge in [-0.1, -0.05) is 13.0 Å². The van der Waals surface area contributed by atoms with Gasteiger partial charge in [0.1, 0.15) is 0 Å². The topological polar surface area (TPSA) is 78.2 Å². The van der Waals surface area contributed by atoms with Crippen LogP contribution in [0.1, 0.15) is 17.3 Å². The van der Waals surface area contributed by atoms with Crippen molar-refractivity contribution in [3.05, 3.63) is 29.8 Å². The summed E-state index contributed by atoms with van der Waals surface area (Å²) in [6.07, 6.45) is 0. The summed E-state index contributed by atoms with van der Waals surface area (Å²) in [5.74, 6) is -0.881. The van der Waals surface area contributed by atoms with Crippen LogP contribution in [0, 0.1) is 4.78 Å². The molecule has 0 amide bonds. The quantitative estimate of drug-likeness (QED) is 0.803. The third-order valence-corrected chi connectivity index (χ3v) is 3.70. The van der Waals surface area contributed by atoms with Crippen molar-refractivity contribution in [2.75, 3.05) is 5.75 Å². The molecular formula is C9H11NO3S. The summed E-state index contributed by atoms with van der Waals surface area (Å²) >= 11 is 0. The van der Waals surface area contributed by atoms with E-state index in [1.807, 2.05) is 0 Å². The minimum absolute atomic E-state index is 0.0657. The first-order valence-corrected chi connectivity index (χ1v) is 5.80. The predicted octanol–water partition coefficient (Wildman–Crippen LogP) is 1.81. The Morgan fingerprint density at radius 1 is 1.57 bits per heavy atom. The molecule has 1 aromatic rings. The van der Waals surface area contributed by atoms with Gasteiger partial charge in [-0.3, -0.25) is 0 Å². The molecule has 0 radical (unpaired) electrons. The van der Waals surface area contributed by atoms with E-state index in [0.29, 0.717) is 0 Å². The van der Waals surface area contributed by atoms with Crippen molar-refractivity contribution in [2.45, 2.75) is 11.8 Å². The lowest BCUT2D eigenvalue weighted by atomic mass is 10.2. The molecule has 0 saturated heterocycles. The molecule has 76 valence electrons. The van der Waals surface area contributed by atoms with E-state index in [1.165, 1.54) is 24.3 Å². The molecule has 0 saturated carbocycles. The van der Waals surface area contributed by atoms with Gasteiger partial charge in [0.05, 0.1) is 15.3 Å². The molecule has 4 nitrogen and oxygen atoms in total. The van der Waals surface area contributed by atoms with Crippen molar-refractivity contribution < 1.29 is 14.1 Å². The van der Waals surface area contributed by atoms with E-state index in [2.05, 4.69) is 0 Å². The second-order valence-electron chi connectivity index (χ2n) is 2.80. The first kappa shape index (κ1) is 10.7. The highest BCUT2D eigenvalue weighted by Gasteiger charge is 2.10. The minimum Gasteiger partial charge on any atom is -0.478 e. The number of carboxylic acid groups (broad SMARTS) is 1. The normalized spacial score (nSPS) is 14.6. The summed E-state index contributed by atoms with van der Waals surface area (Å²) in [4.78, 5) is 10.9. The van der Waals surface area contributed by atoms with Gasteiger partial charge in [0.2, 0.25) is 0 Å². The number of hydrogen-bond donors (Lipinski definition) is 2. The zero-order valence-corrected chi connectivity index (χ0v) is 8.50. The number of hydrogen-bond acceptors (Lipinski definition) is 3. The first-order chi connectivity index (χ1) is 6.47. The molecule has 0 aliphatic rings. The van der Waals surface area contributed by atoms with Crippen molar-refractivity contribution in [3.8, 4) is 0 Å². The Hall–Kier alpha value is -1.36. The average Bonchev–Trinajstić information content (AvgIpc) is 2.18. The molecule has 0 heterocycles. The Morgan fingerprint density at radius 2 is 2.21 bits per heavy atom. The minimum atomic E-state index is -2.82. The molecule has 2 N–H and O–H groups in total. The van der Waals surface area contributed by atoms with Crippen LogP contribution in [0.25, 0.3) is 0 Å². The van der Waals surface area contributed by atoms with Crippen LogP contribution in [0.4, 0.5) is 0 Å². The van der Waals surface area contributed by atoms with Gasteiger partial charge in [0.15, 0.2) is 0 Å². The first-order valence-electron chi connectivity index (χ1n) is 4.07. The third-order valence-electron chi connectivity index (χ3n) is 1.87. The number of aromatic carboxylic acids is 1. The smallest absolute Gasteiger partial charge is 0.335 e. The molecule has 0 aliphatic carbocycles. The molecular weight excluding hydrogens is 202 g/mol. The fourth-order valence-electron chi connectivity index (χ4n) is 1.00. The molecule has 0 fully saturated rings. The van der Waals surface area contributed by atoms with Gasteiger partial charge in [-0.2, -0.15) is 0 Å². The zero-order chi connectivity index (χ0) is 10.8. The molecule has 14 heavy (non-hydrogen) atoms. The standard InChI is InChI=1S/C9H11NO3S/c1-2-14(10,13)8-5-3-4-7(6-8)9(11)12/h3-6,10H,2H2,1H3,(H,11,12). The molecule has 0 aliphatic heterocycles. The maximum Gasteiger partial charge on any atom is 0.335 e. The Balaban J connectivity index is 3.26. The molecule has 0 spiro atoms. The van der Waals surface area contributed by atoms with Crippen molar-refractivity contribution in [2.24, 2.45) is 0 Å². The number of nitrogens with one attached hydrogen (secondary N) is 1. The summed E-state index contributed by atoms with van der Waals surface area (Å²) in [7, 11) is -2.82. The van der Waals surface area contributed by atoms with Crippen LogP contribution in [0.3, 0.4) is 0 Å². The highest BCUT2D eigenvalue weighted by molar-refractivity contribution is 7.92. The molecule has 1 atom stereocenters. The molecule has 1 aromatic carbocycles. The predicted molar refractivity (Wildman–Crippen MR) is 53.1 cm³/mol. The van der Waals surface area contributed by atoms with Crippen molar-refractivity contribution in [3.63, 3.8) is 0 Å². The maximum atomic E-state index is 11.6. The van der Waals surface area contributed by atoms with Crippen molar-refractivity contribution >= 4 is 15.7 Å². The Labute approximate surface area is 82.6 Å². The zero-order valence-electron chi connectivity index (χ0n) is 7.69. The number of rotatable bonds is 3. The van der Waals surface area contributed by atoms with Gasteiger partial charge in [0.25, 0.3) is 0 Å².